The molecule has 0 aliphatic carbocycles. The summed E-state index contributed by atoms with van der Waals surface area (Å²) in [6, 6.07) is 0. The summed E-state index contributed by atoms with van der Waals surface area (Å²) in [4.78, 5) is 17.5. The molecule has 0 N–H and O–H groups in total. The van der Waals surface area contributed by atoms with E-state index in [1.165, 1.54) is 17.2 Å². The Labute approximate surface area is 162 Å². The smallest absolute Gasteiger partial charge is 0.336 e. The Hall–Kier alpha value is -1.04. The first-order valence-corrected chi connectivity index (χ1v) is 11.8. The monoisotopic (exact) mass is 501 g/mol. The minimum Gasteiger partial charge on any atom is -0.336 e. The number of halogens is 4. The summed E-state index contributed by atoms with van der Waals surface area (Å²) in [5.74, 6) is 0.316. The van der Waals surface area contributed by atoms with Gasteiger partial charge in [-0.2, -0.15) is 13.2 Å². The zero-order chi connectivity index (χ0) is 19.1. The van der Waals surface area contributed by atoms with Gasteiger partial charge in [0.2, 0.25) is 5.91 Å². The number of hydrogen-bond donors (Lipinski definition) is 0. The van der Waals surface area contributed by atoms with E-state index >= 15 is 0 Å². The molecule has 0 radical (unpaired) electrons. The molecule has 3 heterocycles. The first kappa shape index (κ1) is 19.7. The number of likely N-dealkylation sites (tertiary alicyclic amines) is 1. The van der Waals surface area contributed by atoms with Gasteiger partial charge in [0, 0.05) is 40.2 Å². The van der Waals surface area contributed by atoms with E-state index in [1.54, 1.807) is 8.86 Å². The molecule has 2 unspecified atom stereocenters. The fraction of sp³-hybridized carbons (Fsp3) is 0.562. The molecular weight excluding hydrogens is 482 g/mol. The second kappa shape index (κ2) is 7.53. The van der Waals surface area contributed by atoms with Crippen molar-refractivity contribution in [3.05, 3.63) is 23.3 Å². The summed E-state index contributed by atoms with van der Waals surface area (Å²) in [5.41, 5.74) is -0.926. The average Bonchev–Trinajstić information content (AvgIpc) is 3.08. The lowest BCUT2D eigenvalue weighted by atomic mass is 10.0. The van der Waals surface area contributed by atoms with E-state index < -0.39 is 43.7 Å². The van der Waals surface area contributed by atoms with Gasteiger partial charge in [0.15, 0.2) is 5.69 Å². The molecule has 10 heteroatoms. The standard InChI is InChI=1S/C16H19F3IN3O2S/c1-3-4-10-7-14(24)22(8-10)9-11-15(16(17,18)19)21-13-6-5-12(26(2)25)20-23(11)13/h5-6,10H,3-4,7-9H2,1-2H3. The molecule has 0 spiro atoms. The fourth-order valence-electron chi connectivity index (χ4n) is 3.20. The van der Waals surface area contributed by atoms with Gasteiger partial charge in [-0.3, -0.25) is 11.8 Å². The maximum absolute atomic E-state index is 13.5. The molecule has 1 aromatic heterocycles. The van der Waals surface area contributed by atoms with Crippen LogP contribution in [0, 0.1) is 5.92 Å². The molecule has 26 heavy (non-hydrogen) atoms. The van der Waals surface area contributed by atoms with Crippen LogP contribution in [-0.2, 0) is 28.3 Å². The molecule has 1 saturated heterocycles. The highest BCUT2D eigenvalue weighted by atomic mass is 127. The summed E-state index contributed by atoms with van der Waals surface area (Å²) in [6.07, 6.45) is 2.24. The summed E-state index contributed by atoms with van der Waals surface area (Å²) < 4.78 is 54.4. The Morgan fingerprint density at radius 3 is 2.73 bits per heavy atom. The van der Waals surface area contributed by atoms with Crippen LogP contribution in [0.5, 0.6) is 0 Å². The van der Waals surface area contributed by atoms with E-state index in [-0.39, 0.29) is 29.9 Å². The molecule has 2 aliphatic rings. The number of nitrogens with zero attached hydrogens (tertiary/aromatic N) is 3. The van der Waals surface area contributed by atoms with Crippen LogP contribution >= 0.6 is 21.0 Å². The summed E-state index contributed by atoms with van der Waals surface area (Å²) in [7, 11) is -1.23. The van der Waals surface area contributed by atoms with Gasteiger partial charge in [-0.1, -0.05) is 13.3 Å². The number of alkyl halides is 3. The van der Waals surface area contributed by atoms with Crippen LogP contribution in [0.3, 0.4) is 0 Å². The van der Waals surface area contributed by atoms with Gasteiger partial charge in [-0.05, 0) is 24.5 Å². The number of aromatic nitrogens is 2. The van der Waals surface area contributed by atoms with E-state index in [4.69, 9.17) is 0 Å². The van der Waals surface area contributed by atoms with Crippen molar-refractivity contribution >= 4 is 46.6 Å². The van der Waals surface area contributed by atoms with E-state index in [2.05, 4.69) is 4.98 Å². The minimum absolute atomic E-state index is 0.0121. The Kier molecular flexibility index (Phi) is 5.71. The number of imidazole rings is 1. The maximum atomic E-state index is 13.5. The molecule has 0 aromatic carbocycles. The van der Waals surface area contributed by atoms with Crippen molar-refractivity contribution in [3.63, 3.8) is 0 Å². The van der Waals surface area contributed by atoms with Gasteiger partial charge < -0.3 is 4.90 Å². The highest BCUT2D eigenvalue weighted by molar-refractivity contribution is 14.2. The molecule has 0 bridgehead atoms. The van der Waals surface area contributed by atoms with Crippen LogP contribution < -0.4 is 0 Å². The van der Waals surface area contributed by atoms with Crippen LogP contribution in [0.1, 0.15) is 43.4 Å². The molecule has 5 nitrogen and oxygen atoms in total. The Balaban J connectivity index is 1.98. The normalized spacial score (nSPS) is 21.4. The number of fused-ring (bicyclic) bond motifs is 1. The zero-order valence-electron chi connectivity index (χ0n) is 14.3. The topological polar surface area (TPSA) is 55.2 Å². The highest BCUT2D eigenvalue weighted by Crippen LogP contribution is 2.37. The van der Waals surface area contributed by atoms with Crippen molar-refractivity contribution in [2.24, 2.45) is 5.92 Å². The van der Waals surface area contributed by atoms with Crippen LogP contribution in [0.15, 0.2) is 6.08 Å². The molecule has 144 valence electrons. The lowest BCUT2D eigenvalue weighted by molar-refractivity contribution is -0.142. The number of rotatable bonds is 5. The zero-order valence-corrected chi connectivity index (χ0v) is 17.3. The van der Waals surface area contributed by atoms with Crippen molar-refractivity contribution in [2.45, 2.75) is 38.9 Å². The van der Waals surface area contributed by atoms with Crippen molar-refractivity contribution in [1.29, 1.82) is 0 Å². The SMILES string of the molecule is CCCC1CC(=O)N(Cc2c(C(F)(F)F)nc3n2I=C(S(C)=O)C=C3)C1. The number of carbonyl (C=O) groups excluding carboxylic acids is 1. The predicted octanol–water partition coefficient (Wildman–Crippen LogP) is 3.32. The third kappa shape index (κ3) is 3.95. The number of carbonyl (C=O) groups is 1. The predicted molar refractivity (Wildman–Crippen MR) is 103 cm³/mol. The molecule has 0 saturated carbocycles. The van der Waals surface area contributed by atoms with Crippen LogP contribution in [0.25, 0.3) is 6.08 Å². The Bertz CT molecular complexity index is 816. The van der Waals surface area contributed by atoms with E-state index in [0.29, 0.717) is 15.8 Å². The Morgan fingerprint density at radius 1 is 1.38 bits per heavy atom. The van der Waals surface area contributed by atoms with E-state index in [1.807, 2.05) is 6.92 Å². The fourth-order valence-corrected chi connectivity index (χ4v) is 6.86. The van der Waals surface area contributed by atoms with E-state index in [9.17, 15) is 22.2 Å². The van der Waals surface area contributed by atoms with Gasteiger partial charge in [0.05, 0.1) is 25.9 Å². The summed E-state index contributed by atoms with van der Waals surface area (Å²) in [6.45, 7) is 2.41. The van der Waals surface area contributed by atoms with Gasteiger partial charge >= 0.3 is 6.18 Å². The molecule has 2 atom stereocenters. The number of hydrogen-bond acceptors (Lipinski definition) is 3. The number of amides is 1. The molecule has 3 rings (SSSR count). The van der Waals surface area contributed by atoms with Crippen molar-refractivity contribution in [1.82, 2.24) is 12.7 Å². The summed E-state index contributed by atoms with van der Waals surface area (Å²) in [5, 5.41) is 0. The first-order valence-electron chi connectivity index (χ1n) is 8.21. The van der Waals surface area contributed by atoms with Gasteiger partial charge in [0.25, 0.3) is 0 Å². The first-order chi connectivity index (χ1) is 12.2. The van der Waals surface area contributed by atoms with Gasteiger partial charge in [-0.15, -0.1) is 0 Å². The average molecular weight is 501 g/mol. The van der Waals surface area contributed by atoms with Gasteiger partial charge in [-0.25, -0.2) is 4.98 Å². The van der Waals surface area contributed by atoms with Crippen LogP contribution in [0.4, 0.5) is 13.2 Å². The molecule has 2 aliphatic heterocycles. The molecule has 1 amide bonds. The third-order valence-electron chi connectivity index (χ3n) is 4.34. The van der Waals surface area contributed by atoms with Crippen molar-refractivity contribution in [2.75, 3.05) is 12.8 Å². The van der Waals surface area contributed by atoms with Crippen LogP contribution in [-0.4, -0.2) is 38.4 Å². The van der Waals surface area contributed by atoms with Crippen LogP contribution in [0.2, 0.25) is 0 Å². The largest absolute Gasteiger partial charge is 0.435 e. The summed E-state index contributed by atoms with van der Waals surface area (Å²) >= 11 is -1.07. The molecule has 1 aromatic rings. The third-order valence-corrected chi connectivity index (χ3v) is 9.75. The lowest BCUT2D eigenvalue weighted by Gasteiger charge is -2.19. The highest BCUT2D eigenvalue weighted by Gasteiger charge is 2.40. The molecular formula is C16H19F3IN3O2S. The second-order valence-electron chi connectivity index (χ2n) is 6.35. The van der Waals surface area contributed by atoms with Gasteiger partial charge in [0.1, 0.15) is 5.82 Å². The minimum atomic E-state index is -4.59. The maximum Gasteiger partial charge on any atom is 0.435 e. The van der Waals surface area contributed by atoms with Crippen molar-refractivity contribution in [3.8, 4) is 0 Å². The molecule has 1 fully saturated rings. The second-order valence-corrected chi connectivity index (χ2v) is 11.0. The Morgan fingerprint density at radius 2 is 2.12 bits per heavy atom. The lowest BCUT2D eigenvalue weighted by Crippen LogP contribution is -2.27. The quantitative estimate of drug-likeness (QED) is 0.582. The van der Waals surface area contributed by atoms with Crippen molar-refractivity contribution < 1.29 is 22.2 Å². The van der Waals surface area contributed by atoms with E-state index in [0.717, 1.165) is 12.8 Å².